The molecule has 0 bridgehead atoms. The van der Waals surface area contributed by atoms with Crippen molar-refractivity contribution in [2.45, 2.75) is 18.9 Å². The summed E-state index contributed by atoms with van der Waals surface area (Å²) in [5.41, 5.74) is 2.48. The molecular weight excluding hydrogens is 330 g/mol. The predicted octanol–water partition coefficient (Wildman–Crippen LogP) is 0.139. The highest BCUT2D eigenvalue weighted by molar-refractivity contribution is 6.35. The fourth-order valence-electron chi connectivity index (χ4n) is 2.28. The fourth-order valence-corrected chi connectivity index (χ4v) is 2.28. The number of hydrogen-bond donors (Lipinski definition) is 3. The first kappa shape index (κ1) is 18.4. The molecule has 1 aromatic rings. The van der Waals surface area contributed by atoms with Crippen LogP contribution in [0, 0.1) is 0 Å². The van der Waals surface area contributed by atoms with Crippen molar-refractivity contribution in [1.29, 1.82) is 0 Å². The quantitative estimate of drug-likeness (QED) is 0.381. The van der Waals surface area contributed by atoms with Gasteiger partial charge in [-0.3, -0.25) is 9.59 Å². The summed E-state index contributed by atoms with van der Waals surface area (Å²) in [6.45, 7) is 0.938. The lowest BCUT2D eigenvalue weighted by atomic mass is 10.1. The number of aromatic carboxylic acids is 1. The molecule has 0 aromatic heterocycles. The molecule has 25 heavy (non-hydrogen) atoms. The van der Waals surface area contributed by atoms with E-state index < -0.39 is 17.8 Å². The van der Waals surface area contributed by atoms with Crippen molar-refractivity contribution in [3.63, 3.8) is 0 Å². The largest absolute Gasteiger partial charge is 0.496 e. The van der Waals surface area contributed by atoms with Gasteiger partial charge in [0.1, 0.15) is 11.3 Å². The van der Waals surface area contributed by atoms with Crippen molar-refractivity contribution in [3.8, 4) is 5.75 Å². The SMILES string of the molecule is COc1ccc(/C=N\NC(=O)C(=O)NC[C@@H]2CCCO2)cc1C(=O)O. The number of carbonyl (C=O) groups excluding carboxylic acids is 2. The van der Waals surface area contributed by atoms with Gasteiger partial charge in [-0.2, -0.15) is 5.10 Å². The molecular formula is C16H19N3O6. The fraction of sp³-hybridized carbons (Fsp3) is 0.375. The minimum atomic E-state index is -1.15. The maximum Gasteiger partial charge on any atom is 0.339 e. The Morgan fingerprint density at radius 3 is 2.84 bits per heavy atom. The van der Waals surface area contributed by atoms with E-state index in [0.717, 1.165) is 12.8 Å². The lowest BCUT2D eigenvalue weighted by Crippen LogP contribution is -2.41. The van der Waals surface area contributed by atoms with Gasteiger partial charge >= 0.3 is 17.8 Å². The summed E-state index contributed by atoms with van der Waals surface area (Å²) in [6, 6.07) is 4.38. The average Bonchev–Trinajstić information content (AvgIpc) is 3.12. The molecule has 0 spiro atoms. The van der Waals surface area contributed by atoms with Crippen molar-refractivity contribution >= 4 is 24.0 Å². The Labute approximate surface area is 144 Å². The van der Waals surface area contributed by atoms with Gasteiger partial charge in [0.15, 0.2) is 0 Å². The Bertz CT molecular complexity index is 682. The van der Waals surface area contributed by atoms with E-state index in [1.165, 1.54) is 25.5 Å². The van der Waals surface area contributed by atoms with E-state index in [2.05, 4.69) is 15.8 Å². The maximum atomic E-state index is 11.6. The number of carbonyl (C=O) groups is 3. The number of hydrogen-bond acceptors (Lipinski definition) is 6. The number of nitrogens with one attached hydrogen (secondary N) is 2. The zero-order valence-electron chi connectivity index (χ0n) is 13.7. The Balaban J connectivity index is 1.86. The van der Waals surface area contributed by atoms with Crippen LogP contribution in [0.15, 0.2) is 23.3 Å². The van der Waals surface area contributed by atoms with Crippen molar-refractivity contribution in [1.82, 2.24) is 10.7 Å². The van der Waals surface area contributed by atoms with Crippen LogP contribution in [-0.4, -0.2) is 55.5 Å². The van der Waals surface area contributed by atoms with E-state index in [1.54, 1.807) is 6.07 Å². The molecule has 2 rings (SSSR count). The molecule has 3 N–H and O–H groups in total. The Hall–Kier alpha value is -2.94. The molecule has 2 amide bonds. The lowest BCUT2D eigenvalue weighted by molar-refractivity contribution is -0.139. The third-order valence-electron chi connectivity index (χ3n) is 3.55. The second-order valence-electron chi connectivity index (χ2n) is 5.31. The van der Waals surface area contributed by atoms with Crippen LogP contribution in [0.1, 0.15) is 28.8 Å². The van der Waals surface area contributed by atoms with Gasteiger partial charge in [-0.05, 0) is 36.6 Å². The van der Waals surface area contributed by atoms with E-state index in [0.29, 0.717) is 12.2 Å². The third kappa shape index (κ3) is 5.28. The molecule has 0 saturated carbocycles. The predicted molar refractivity (Wildman–Crippen MR) is 87.7 cm³/mol. The summed E-state index contributed by atoms with van der Waals surface area (Å²) in [6.07, 6.45) is 2.96. The van der Waals surface area contributed by atoms with E-state index in [9.17, 15) is 14.4 Å². The van der Waals surface area contributed by atoms with E-state index in [1.807, 2.05) is 0 Å². The van der Waals surface area contributed by atoms with Gasteiger partial charge < -0.3 is 19.9 Å². The van der Waals surface area contributed by atoms with Crippen molar-refractivity contribution < 1.29 is 29.0 Å². The molecule has 1 heterocycles. The van der Waals surface area contributed by atoms with Crippen molar-refractivity contribution in [2.24, 2.45) is 5.10 Å². The van der Waals surface area contributed by atoms with Crippen LogP contribution in [0.4, 0.5) is 0 Å². The molecule has 134 valence electrons. The van der Waals surface area contributed by atoms with Crippen LogP contribution >= 0.6 is 0 Å². The van der Waals surface area contributed by atoms with Crippen LogP contribution in [0.2, 0.25) is 0 Å². The number of amides is 2. The second-order valence-corrected chi connectivity index (χ2v) is 5.31. The maximum absolute atomic E-state index is 11.6. The molecule has 0 aliphatic carbocycles. The molecule has 1 aliphatic rings. The summed E-state index contributed by atoms with van der Waals surface area (Å²) in [7, 11) is 1.37. The molecule has 1 aromatic carbocycles. The minimum Gasteiger partial charge on any atom is -0.496 e. The number of ether oxygens (including phenoxy) is 2. The molecule has 1 fully saturated rings. The number of hydrazone groups is 1. The molecule has 1 atom stereocenters. The number of methoxy groups -OCH3 is 1. The van der Waals surface area contributed by atoms with Gasteiger partial charge in [-0.15, -0.1) is 0 Å². The highest BCUT2D eigenvalue weighted by Gasteiger charge is 2.19. The number of nitrogens with zero attached hydrogens (tertiary/aromatic N) is 1. The Morgan fingerprint density at radius 1 is 1.40 bits per heavy atom. The summed E-state index contributed by atoms with van der Waals surface area (Å²) in [5, 5.41) is 15.2. The molecule has 1 aliphatic heterocycles. The van der Waals surface area contributed by atoms with Gasteiger partial charge in [0, 0.05) is 13.2 Å². The van der Waals surface area contributed by atoms with Crippen LogP contribution in [0.5, 0.6) is 5.75 Å². The molecule has 9 nitrogen and oxygen atoms in total. The molecule has 0 unspecified atom stereocenters. The first-order chi connectivity index (χ1) is 12.0. The topological polar surface area (TPSA) is 126 Å². The third-order valence-corrected chi connectivity index (χ3v) is 3.55. The van der Waals surface area contributed by atoms with Crippen LogP contribution in [-0.2, 0) is 14.3 Å². The van der Waals surface area contributed by atoms with E-state index >= 15 is 0 Å². The van der Waals surface area contributed by atoms with Gasteiger partial charge in [0.05, 0.1) is 19.4 Å². The highest BCUT2D eigenvalue weighted by Crippen LogP contribution is 2.19. The lowest BCUT2D eigenvalue weighted by Gasteiger charge is -2.09. The monoisotopic (exact) mass is 349 g/mol. The van der Waals surface area contributed by atoms with Gasteiger partial charge in [-0.25, -0.2) is 10.2 Å². The number of rotatable bonds is 6. The number of benzene rings is 1. The van der Waals surface area contributed by atoms with Crippen molar-refractivity contribution in [3.05, 3.63) is 29.3 Å². The molecule has 1 saturated heterocycles. The van der Waals surface area contributed by atoms with Crippen LogP contribution in [0.25, 0.3) is 0 Å². The van der Waals surface area contributed by atoms with Crippen LogP contribution < -0.4 is 15.5 Å². The molecule has 9 heteroatoms. The smallest absolute Gasteiger partial charge is 0.339 e. The van der Waals surface area contributed by atoms with E-state index in [-0.39, 0.29) is 24.0 Å². The summed E-state index contributed by atoms with van der Waals surface area (Å²) >= 11 is 0. The minimum absolute atomic E-state index is 0.0351. The highest BCUT2D eigenvalue weighted by atomic mass is 16.5. The number of carboxylic acids is 1. The Morgan fingerprint density at radius 2 is 2.20 bits per heavy atom. The van der Waals surface area contributed by atoms with Gasteiger partial charge in [-0.1, -0.05) is 0 Å². The van der Waals surface area contributed by atoms with Gasteiger partial charge in [0.25, 0.3) is 0 Å². The first-order valence-corrected chi connectivity index (χ1v) is 7.65. The Kier molecular flexibility index (Phi) is 6.47. The average molecular weight is 349 g/mol. The normalized spacial score (nSPS) is 16.6. The molecule has 0 radical (unpaired) electrons. The van der Waals surface area contributed by atoms with Gasteiger partial charge in [0.2, 0.25) is 0 Å². The number of carboxylic acid groups (broad SMARTS) is 1. The summed E-state index contributed by atoms with van der Waals surface area (Å²) in [5.74, 6) is -2.67. The first-order valence-electron chi connectivity index (χ1n) is 7.65. The summed E-state index contributed by atoms with van der Waals surface area (Å²) < 4.78 is 10.3. The summed E-state index contributed by atoms with van der Waals surface area (Å²) in [4.78, 5) is 34.4. The van der Waals surface area contributed by atoms with Crippen molar-refractivity contribution in [2.75, 3.05) is 20.3 Å². The zero-order chi connectivity index (χ0) is 18.2. The van der Waals surface area contributed by atoms with E-state index in [4.69, 9.17) is 14.6 Å². The standard InChI is InChI=1S/C16H19N3O6/c1-24-13-5-4-10(7-12(13)16(22)23)8-18-19-15(21)14(20)17-9-11-3-2-6-25-11/h4-5,7-8,11H,2-3,6,9H2,1H3,(H,17,20)(H,19,21)(H,22,23)/b18-8-/t11-/m0/s1. The zero-order valence-corrected chi connectivity index (χ0v) is 13.7. The second kappa shape index (κ2) is 8.78. The van der Waals surface area contributed by atoms with Crippen LogP contribution in [0.3, 0.4) is 0 Å².